The number of aryl methyl sites for hydroxylation is 1. The highest BCUT2D eigenvalue weighted by atomic mass is 35.5. The maximum atomic E-state index is 6.55. The SMILES string of the molecule is CCCN(CC1CC1)c1nc(C)nc2c1nnn2-c1c(Cl)cc(OC)cc1OC. The van der Waals surface area contributed by atoms with Crippen LogP contribution in [0.3, 0.4) is 0 Å². The lowest BCUT2D eigenvalue weighted by atomic mass is 10.2. The molecule has 1 aromatic carbocycles. The van der Waals surface area contributed by atoms with Crippen LogP contribution in [0.5, 0.6) is 11.5 Å². The van der Waals surface area contributed by atoms with Crippen molar-refractivity contribution in [2.24, 2.45) is 5.92 Å². The summed E-state index contributed by atoms with van der Waals surface area (Å²) in [5, 5.41) is 9.23. The molecule has 29 heavy (non-hydrogen) atoms. The lowest BCUT2D eigenvalue weighted by Gasteiger charge is -2.23. The van der Waals surface area contributed by atoms with Crippen molar-refractivity contribution in [2.45, 2.75) is 33.1 Å². The van der Waals surface area contributed by atoms with E-state index in [1.165, 1.54) is 12.8 Å². The molecule has 0 radical (unpaired) electrons. The third-order valence-corrected chi connectivity index (χ3v) is 5.32. The number of nitrogens with zero attached hydrogens (tertiary/aromatic N) is 6. The van der Waals surface area contributed by atoms with Gasteiger partial charge in [0.25, 0.3) is 0 Å². The first-order valence-electron chi connectivity index (χ1n) is 9.82. The fraction of sp³-hybridized carbons (Fsp3) is 0.500. The van der Waals surface area contributed by atoms with Crippen LogP contribution in [0.1, 0.15) is 32.0 Å². The smallest absolute Gasteiger partial charge is 0.189 e. The summed E-state index contributed by atoms with van der Waals surface area (Å²) in [4.78, 5) is 11.6. The van der Waals surface area contributed by atoms with Gasteiger partial charge < -0.3 is 14.4 Å². The predicted molar refractivity (Wildman–Crippen MR) is 113 cm³/mol. The molecule has 0 N–H and O–H groups in total. The second-order valence-corrected chi connectivity index (χ2v) is 7.72. The summed E-state index contributed by atoms with van der Waals surface area (Å²) >= 11 is 6.55. The Bertz CT molecular complexity index is 1030. The summed E-state index contributed by atoms with van der Waals surface area (Å²) in [6, 6.07) is 3.48. The van der Waals surface area contributed by atoms with Crippen molar-refractivity contribution in [3.8, 4) is 17.2 Å². The predicted octanol–water partition coefficient (Wildman–Crippen LogP) is 3.82. The number of fused-ring (bicyclic) bond motifs is 1. The molecule has 1 aliphatic rings. The van der Waals surface area contributed by atoms with Crippen LogP contribution in [0.25, 0.3) is 16.9 Å². The highest BCUT2D eigenvalue weighted by Gasteiger charge is 2.28. The second-order valence-electron chi connectivity index (χ2n) is 7.32. The van der Waals surface area contributed by atoms with Crippen LogP contribution in [0, 0.1) is 12.8 Å². The van der Waals surface area contributed by atoms with Crippen molar-refractivity contribution in [1.29, 1.82) is 0 Å². The Hall–Kier alpha value is -2.61. The first-order valence-corrected chi connectivity index (χ1v) is 10.2. The van der Waals surface area contributed by atoms with Gasteiger partial charge in [0.05, 0.1) is 19.2 Å². The molecular formula is C20H25ClN6O2. The van der Waals surface area contributed by atoms with Crippen molar-refractivity contribution >= 4 is 28.6 Å². The zero-order valence-electron chi connectivity index (χ0n) is 17.1. The monoisotopic (exact) mass is 416 g/mol. The molecule has 2 aromatic heterocycles. The normalized spacial score (nSPS) is 13.7. The van der Waals surface area contributed by atoms with Gasteiger partial charge in [0.2, 0.25) is 0 Å². The zero-order chi connectivity index (χ0) is 20.5. The van der Waals surface area contributed by atoms with Gasteiger partial charge in [-0.2, -0.15) is 4.68 Å². The van der Waals surface area contributed by atoms with Crippen LogP contribution in [0.15, 0.2) is 12.1 Å². The number of aromatic nitrogens is 5. The maximum absolute atomic E-state index is 6.55. The van der Waals surface area contributed by atoms with Gasteiger partial charge in [-0.3, -0.25) is 0 Å². The molecule has 4 rings (SSSR count). The van der Waals surface area contributed by atoms with Crippen molar-refractivity contribution in [3.05, 3.63) is 23.0 Å². The highest BCUT2D eigenvalue weighted by Crippen LogP contribution is 2.37. The number of hydrogen-bond acceptors (Lipinski definition) is 7. The molecule has 0 saturated heterocycles. The Morgan fingerprint density at radius 1 is 1.21 bits per heavy atom. The van der Waals surface area contributed by atoms with E-state index in [0.717, 1.165) is 31.2 Å². The van der Waals surface area contributed by atoms with E-state index in [2.05, 4.69) is 27.1 Å². The number of halogens is 1. The molecule has 0 spiro atoms. The first kappa shape index (κ1) is 19.7. The molecule has 1 fully saturated rings. The number of methoxy groups -OCH3 is 2. The topological polar surface area (TPSA) is 78.2 Å². The molecule has 8 nitrogen and oxygen atoms in total. The van der Waals surface area contributed by atoms with E-state index in [9.17, 15) is 0 Å². The highest BCUT2D eigenvalue weighted by molar-refractivity contribution is 6.33. The Labute approximate surface area is 174 Å². The van der Waals surface area contributed by atoms with E-state index >= 15 is 0 Å². The fourth-order valence-electron chi connectivity index (χ4n) is 3.47. The third-order valence-electron chi connectivity index (χ3n) is 5.03. The molecule has 0 amide bonds. The summed E-state index contributed by atoms with van der Waals surface area (Å²) in [5.41, 5.74) is 1.85. The first-order chi connectivity index (χ1) is 14.0. The number of hydrogen-bond donors (Lipinski definition) is 0. The molecule has 0 aliphatic heterocycles. The minimum absolute atomic E-state index is 0.439. The molecule has 2 heterocycles. The average Bonchev–Trinajstić information content (AvgIpc) is 3.44. The number of ether oxygens (including phenoxy) is 2. The lowest BCUT2D eigenvalue weighted by Crippen LogP contribution is -2.28. The average molecular weight is 417 g/mol. The van der Waals surface area contributed by atoms with Gasteiger partial charge >= 0.3 is 0 Å². The molecule has 0 atom stereocenters. The van der Waals surface area contributed by atoms with Gasteiger partial charge in [0.1, 0.15) is 23.0 Å². The Kier molecular flexibility index (Phi) is 5.45. The van der Waals surface area contributed by atoms with E-state index in [4.69, 9.17) is 26.1 Å². The summed E-state index contributed by atoms with van der Waals surface area (Å²) in [5.74, 6) is 3.36. The fourth-order valence-corrected chi connectivity index (χ4v) is 3.75. The summed E-state index contributed by atoms with van der Waals surface area (Å²) in [6.45, 7) is 5.96. The number of rotatable bonds is 8. The van der Waals surface area contributed by atoms with Crippen LogP contribution in [0.2, 0.25) is 5.02 Å². The van der Waals surface area contributed by atoms with E-state index in [0.29, 0.717) is 39.2 Å². The molecule has 3 aromatic rings. The lowest BCUT2D eigenvalue weighted by molar-refractivity contribution is 0.392. The molecule has 154 valence electrons. The number of anilines is 1. The van der Waals surface area contributed by atoms with Crippen molar-refractivity contribution < 1.29 is 9.47 Å². The Morgan fingerprint density at radius 3 is 2.66 bits per heavy atom. The Morgan fingerprint density at radius 2 is 2.00 bits per heavy atom. The van der Waals surface area contributed by atoms with E-state index in [1.54, 1.807) is 31.0 Å². The van der Waals surface area contributed by atoms with E-state index in [1.807, 2.05) is 6.92 Å². The van der Waals surface area contributed by atoms with Crippen molar-refractivity contribution in [2.75, 3.05) is 32.2 Å². The van der Waals surface area contributed by atoms with Gasteiger partial charge in [0.15, 0.2) is 17.0 Å². The molecule has 0 bridgehead atoms. The molecule has 1 saturated carbocycles. The molecule has 1 aliphatic carbocycles. The number of benzene rings is 1. The van der Waals surface area contributed by atoms with Gasteiger partial charge in [-0.25, -0.2) is 9.97 Å². The largest absolute Gasteiger partial charge is 0.497 e. The van der Waals surface area contributed by atoms with Crippen molar-refractivity contribution in [3.63, 3.8) is 0 Å². The van der Waals surface area contributed by atoms with Crippen LogP contribution in [-0.4, -0.2) is 52.3 Å². The maximum Gasteiger partial charge on any atom is 0.189 e. The minimum Gasteiger partial charge on any atom is -0.497 e. The van der Waals surface area contributed by atoms with Gasteiger partial charge in [-0.15, -0.1) is 5.10 Å². The van der Waals surface area contributed by atoms with Gasteiger partial charge in [0, 0.05) is 25.2 Å². The van der Waals surface area contributed by atoms with Gasteiger partial charge in [-0.05, 0) is 32.1 Å². The molecule has 0 unspecified atom stereocenters. The van der Waals surface area contributed by atoms with Crippen LogP contribution in [0.4, 0.5) is 5.82 Å². The molecule has 9 heteroatoms. The van der Waals surface area contributed by atoms with Crippen LogP contribution in [-0.2, 0) is 0 Å². The van der Waals surface area contributed by atoms with E-state index in [-0.39, 0.29) is 0 Å². The summed E-state index contributed by atoms with van der Waals surface area (Å²) < 4.78 is 12.5. The second kappa shape index (κ2) is 8.02. The quantitative estimate of drug-likeness (QED) is 0.552. The van der Waals surface area contributed by atoms with Crippen molar-refractivity contribution in [1.82, 2.24) is 25.0 Å². The third kappa shape index (κ3) is 3.81. The van der Waals surface area contributed by atoms with Crippen LogP contribution >= 0.6 is 11.6 Å². The summed E-state index contributed by atoms with van der Waals surface area (Å²) in [6.07, 6.45) is 3.58. The standard InChI is InChI=1S/C20H25ClN6O2/c1-5-8-26(11-13-6-7-13)19-17-20(23-12(2)22-19)27(25-24-17)18-15(21)9-14(28-3)10-16(18)29-4/h9-10,13H,5-8,11H2,1-4H3. The van der Waals surface area contributed by atoms with Crippen LogP contribution < -0.4 is 14.4 Å². The van der Waals surface area contributed by atoms with Gasteiger partial charge in [-0.1, -0.05) is 23.7 Å². The molecular weight excluding hydrogens is 392 g/mol. The zero-order valence-corrected chi connectivity index (χ0v) is 17.9. The van der Waals surface area contributed by atoms with E-state index < -0.39 is 0 Å². The Balaban J connectivity index is 1.87. The summed E-state index contributed by atoms with van der Waals surface area (Å²) in [7, 11) is 3.17. The minimum atomic E-state index is 0.439.